The van der Waals surface area contributed by atoms with Crippen molar-refractivity contribution in [2.75, 3.05) is 0 Å². The second kappa shape index (κ2) is 5.64. The average molecular weight is 248 g/mol. The van der Waals surface area contributed by atoms with E-state index in [0.29, 0.717) is 11.8 Å². The van der Waals surface area contributed by atoms with Crippen molar-refractivity contribution in [2.24, 2.45) is 5.92 Å². The Balaban J connectivity index is 2.12. The highest BCUT2D eigenvalue weighted by molar-refractivity contribution is 7.09. The first-order chi connectivity index (χ1) is 8.22. The predicted molar refractivity (Wildman–Crippen MR) is 71.1 cm³/mol. The first-order valence-electron chi connectivity index (χ1n) is 6.57. The minimum atomic E-state index is -0.0383. The van der Waals surface area contributed by atoms with Gasteiger partial charge in [0.05, 0.1) is 22.7 Å². The maximum Gasteiger partial charge on any atom is 0.0959 e. The summed E-state index contributed by atoms with van der Waals surface area (Å²) in [7, 11) is 0. The molecule has 17 heavy (non-hydrogen) atoms. The van der Waals surface area contributed by atoms with Crippen molar-refractivity contribution < 1.29 is 0 Å². The summed E-state index contributed by atoms with van der Waals surface area (Å²) < 4.78 is 0. The van der Waals surface area contributed by atoms with Gasteiger partial charge >= 0.3 is 0 Å². The van der Waals surface area contributed by atoms with E-state index in [1.54, 1.807) is 11.3 Å². The summed E-state index contributed by atoms with van der Waals surface area (Å²) in [5.41, 5.74) is 0.994. The summed E-state index contributed by atoms with van der Waals surface area (Å²) in [6.07, 6.45) is 6.62. The lowest BCUT2D eigenvalue weighted by Gasteiger charge is -2.19. The molecule has 2 nitrogen and oxygen atoms in total. The standard InChI is InChI=1S/C14H20N2S/c1-10(2)12(8-15)13-9-17-14(16-13)11-6-4-3-5-7-11/h9-12H,3-7H2,1-2H3. The zero-order valence-electron chi connectivity index (χ0n) is 10.6. The zero-order valence-corrected chi connectivity index (χ0v) is 11.5. The van der Waals surface area contributed by atoms with E-state index >= 15 is 0 Å². The van der Waals surface area contributed by atoms with Gasteiger partial charge in [-0.1, -0.05) is 33.1 Å². The van der Waals surface area contributed by atoms with E-state index in [4.69, 9.17) is 4.98 Å². The third-order valence-electron chi connectivity index (χ3n) is 3.62. The smallest absolute Gasteiger partial charge is 0.0959 e. The summed E-state index contributed by atoms with van der Waals surface area (Å²) in [5.74, 6) is 0.971. The van der Waals surface area contributed by atoms with Crippen LogP contribution in [0.15, 0.2) is 5.38 Å². The Bertz CT molecular complexity index is 397. The lowest BCUT2D eigenvalue weighted by atomic mass is 9.89. The number of hydrogen-bond acceptors (Lipinski definition) is 3. The van der Waals surface area contributed by atoms with Gasteiger partial charge in [-0.25, -0.2) is 4.98 Å². The lowest BCUT2D eigenvalue weighted by molar-refractivity contribution is 0.441. The van der Waals surface area contributed by atoms with Crippen molar-refractivity contribution in [3.63, 3.8) is 0 Å². The molecule has 0 saturated heterocycles. The number of nitrogens with zero attached hydrogens (tertiary/aromatic N) is 2. The Morgan fingerprint density at radius 1 is 1.35 bits per heavy atom. The molecule has 1 saturated carbocycles. The fourth-order valence-corrected chi connectivity index (χ4v) is 3.56. The van der Waals surface area contributed by atoms with Crippen LogP contribution in [-0.4, -0.2) is 4.98 Å². The van der Waals surface area contributed by atoms with Crippen LogP contribution in [0.5, 0.6) is 0 Å². The van der Waals surface area contributed by atoms with Crippen LogP contribution in [0.4, 0.5) is 0 Å². The maximum absolute atomic E-state index is 9.18. The molecule has 1 aliphatic rings. The summed E-state index contributed by atoms with van der Waals surface area (Å²) >= 11 is 1.75. The molecule has 0 aliphatic heterocycles. The minimum absolute atomic E-state index is 0.0383. The number of thiazole rings is 1. The fourth-order valence-electron chi connectivity index (χ4n) is 2.54. The molecule has 0 radical (unpaired) electrons. The number of hydrogen-bond donors (Lipinski definition) is 0. The molecule has 1 aliphatic carbocycles. The van der Waals surface area contributed by atoms with Crippen LogP contribution in [0.3, 0.4) is 0 Å². The average Bonchev–Trinajstić information content (AvgIpc) is 2.80. The molecule has 0 N–H and O–H groups in total. The SMILES string of the molecule is CC(C)C(C#N)c1csc(C2CCCCC2)n1. The van der Waals surface area contributed by atoms with Crippen LogP contribution in [0.25, 0.3) is 0 Å². The summed E-state index contributed by atoms with van der Waals surface area (Å²) in [5, 5.41) is 12.5. The van der Waals surface area contributed by atoms with Crippen molar-refractivity contribution in [3.8, 4) is 6.07 Å². The quantitative estimate of drug-likeness (QED) is 0.792. The molecule has 1 unspecified atom stereocenters. The van der Waals surface area contributed by atoms with Gasteiger partial charge < -0.3 is 0 Å². The van der Waals surface area contributed by atoms with Crippen LogP contribution in [0.2, 0.25) is 0 Å². The van der Waals surface area contributed by atoms with Crippen LogP contribution >= 0.6 is 11.3 Å². The Kier molecular flexibility index (Phi) is 4.17. The number of rotatable bonds is 3. The van der Waals surface area contributed by atoms with Gasteiger partial charge in [0.25, 0.3) is 0 Å². The third kappa shape index (κ3) is 2.87. The van der Waals surface area contributed by atoms with Crippen molar-refractivity contribution in [1.82, 2.24) is 4.98 Å². The fraction of sp³-hybridized carbons (Fsp3) is 0.714. The van der Waals surface area contributed by atoms with Crippen LogP contribution in [0, 0.1) is 17.2 Å². The van der Waals surface area contributed by atoms with Crippen LogP contribution in [-0.2, 0) is 0 Å². The molecule has 1 aromatic rings. The van der Waals surface area contributed by atoms with Gasteiger partial charge in [-0.05, 0) is 18.8 Å². The van der Waals surface area contributed by atoms with Crippen molar-refractivity contribution in [2.45, 2.75) is 57.8 Å². The molecule has 1 aromatic heterocycles. The van der Waals surface area contributed by atoms with E-state index < -0.39 is 0 Å². The Labute approximate surface area is 108 Å². The molecule has 1 fully saturated rings. The normalized spacial score (nSPS) is 19.2. The Morgan fingerprint density at radius 2 is 2.06 bits per heavy atom. The van der Waals surface area contributed by atoms with E-state index in [1.807, 2.05) is 0 Å². The Morgan fingerprint density at radius 3 is 2.65 bits per heavy atom. The van der Waals surface area contributed by atoms with Crippen LogP contribution < -0.4 is 0 Å². The molecule has 0 amide bonds. The maximum atomic E-state index is 9.18. The topological polar surface area (TPSA) is 36.7 Å². The molecular weight excluding hydrogens is 228 g/mol. The monoisotopic (exact) mass is 248 g/mol. The molecule has 92 valence electrons. The second-order valence-electron chi connectivity index (χ2n) is 5.30. The summed E-state index contributed by atoms with van der Waals surface area (Å²) in [6.45, 7) is 4.18. The predicted octanol–water partition coefficient (Wildman–Crippen LogP) is 4.45. The molecule has 1 atom stereocenters. The van der Waals surface area contributed by atoms with Gasteiger partial charge in [0.15, 0.2) is 0 Å². The van der Waals surface area contributed by atoms with E-state index in [1.165, 1.54) is 37.1 Å². The Hall–Kier alpha value is -0.880. The second-order valence-corrected chi connectivity index (χ2v) is 6.19. The largest absolute Gasteiger partial charge is 0.245 e. The highest BCUT2D eigenvalue weighted by atomic mass is 32.1. The van der Waals surface area contributed by atoms with Crippen molar-refractivity contribution >= 4 is 11.3 Å². The highest BCUT2D eigenvalue weighted by Crippen LogP contribution is 2.36. The van der Waals surface area contributed by atoms with E-state index in [9.17, 15) is 5.26 Å². The number of nitriles is 1. The molecular formula is C14H20N2S. The molecule has 0 spiro atoms. The van der Waals surface area contributed by atoms with Gasteiger partial charge in [-0.3, -0.25) is 0 Å². The molecule has 1 heterocycles. The molecule has 0 aromatic carbocycles. The van der Waals surface area contributed by atoms with Gasteiger partial charge in [-0.2, -0.15) is 5.26 Å². The lowest BCUT2D eigenvalue weighted by Crippen LogP contribution is -2.07. The molecule has 2 rings (SSSR count). The molecule has 3 heteroatoms. The zero-order chi connectivity index (χ0) is 12.3. The van der Waals surface area contributed by atoms with Gasteiger partial charge in [-0.15, -0.1) is 11.3 Å². The van der Waals surface area contributed by atoms with Gasteiger partial charge in [0.2, 0.25) is 0 Å². The van der Waals surface area contributed by atoms with Gasteiger partial charge in [0, 0.05) is 11.3 Å². The third-order valence-corrected chi connectivity index (χ3v) is 4.64. The van der Waals surface area contributed by atoms with Gasteiger partial charge in [0.1, 0.15) is 0 Å². The van der Waals surface area contributed by atoms with E-state index in [0.717, 1.165) is 5.69 Å². The summed E-state index contributed by atoms with van der Waals surface area (Å²) in [4.78, 5) is 4.72. The molecule has 0 bridgehead atoms. The first kappa shape index (κ1) is 12.6. The van der Waals surface area contributed by atoms with E-state index in [2.05, 4.69) is 25.3 Å². The van der Waals surface area contributed by atoms with Crippen LogP contribution in [0.1, 0.15) is 68.5 Å². The highest BCUT2D eigenvalue weighted by Gasteiger charge is 2.22. The first-order valence-corrected chi connectivity index (χ1v) is 7.45. The van der Waals surface area contributed by atoms with Crippen molar-refractivity contribution in [1.29, 1.82) is 5.26 Å². The minimum Gasteiger partial charge on any atom is -0.245 e. The van der Waals surface area contributed by atoms with Crippen molar-refractivity contribution in [3.05, 3.63) is 16.1 Å². The van der Waals surface area contributed by atoms with E-state index in [-0.39, 0.29) is 5.92 Å². The summed E-state index contributed by atoms with van der Waals surface area (Å²) in [6, 6.07) is 2.38. The number of aromatic nitrogens is 1.